The van der Waals surface area contributed by atoms with E-state index in [0.29, 0.717) is 11.3 Å². The van der Waals surface area contributed by atoms with Crippen molar-refractivity contribution in [2.24, 2.45) is 16.9 Å². The monoisotopic (exact) mass is 263 g/mol. The zero-order chi connectivity index (χ0) is 14.8. The zero-order valence-electron chi connectivity index (χ0n) is 11.8. The van der Waals surface area contributed by atoms with E-state index in [4.69, 9.17) is 11.5 Å². The molecule has 0 radical (unpaired) electrons. The molecular weight excluding hydrogens is 242 g/mol. The number of primary amides is 1. The van der Waals surface area contributed by atoms with Crippen LogP contribution in [0.3, 0.4) is 0 Å². The summed E-state index contributed by atoms with van der Waals surface area (Å²) >= 11 is 0. The number of hydrogen-bond acceptors (Lipinski definition) is 3. The minimum absolute atomic E-state index is 0.248. The lowest BCUT2D eigenvalue weighted by atomic mass is 9.87. The SMILES string of the molecule is Cc1cc(C(N)=O)ccc1NC(=O)[C@H](N)C(C)(C)C. The molecule has 5 heteroatoms. The van der Waals surface area contributed by atoms with Gasteiger partial charge < -0.3 is 16.8 Å². The van der Waals surface area contributed by atoms with Crippen molar-refractivity contribution in [3.63, 3.8) is 0 Å². The van der Waals surface area contributed by atoms with Crippen molar-refractivity contribution < 1.29 is 9.59 Å². The van der Waals surface area contributed by atoms with Crippen LogP contribution in [0.15, 0.2) is 18.2 Å². The van der Waals surface area contributed by atoms with E-state index in [9.17, 15) is 9.59 Å². The summed E-state index contributed by atoms with van der Waals surface area (Å²) in [6, 6.07) is 4.26. The molecule has 2 amide bonds. The fourth-order valence-electron chi connectivity index (χ4n) is 1.56. The van der Waals surface area contributed by atoms with E-state index in [1.165, 1.54) is 0 Å². The topological polar surface area (TPSA) is 98.2 Å². The van der Waals surface area contributed by atoms with Crippen molar-refractivity contribution in [2.75, 3.05) is 5.32 Å². The molecule has 104 valence electrons. The molecule has 0 fully saturated rings. The zero-order valence-corrected chi connectivity index (χ0v) is 11.8. The lowest BCUT2D eigenvalue weighted by Crippen LogP contribution is -2.45. The van der Waals surface area contributed by atoms with Gasteiger partial charge in [0.05, 0.1) is 6.04 Å². The van der Waals surface area contributed by atoms with Gasteiger partial charge in [-0.25, -0.2) is 0 Å². The molecule has 0 aliphatic carbocycles. The van der Waals surface area contributed by atoms with Gasteiger partial charge in [-0.05, 0) is 36.1 Å². The molecule has 0 spiro atoms. The highest BCUT2D eigenvalue weighted by Gasteiger charge is 2.27. The van der Waals surface area contributed by atoms with Gasteiger partial charge in [0.25, 0.3) is 0 Å². The summed E-state index contributed by atoms with van der Waals surface area (Å²) in [5, 5.41) is 2.77. The Labute approximate surface area is 113 Å². The van der Waals surface area contributed by atoms with Crippen LogP contribution in [-0.2, 0) is 4.79 Å². The second-order valence-corrected chi connectivity index (χ2v) is 5.73. The molecule has 1 aromatic rings. The van der Waals surface area contributed by atoms with Crippen molar-refractivity contribution in [1.29, 1.82) is 0 Å². The molecule has 0 saturated heterocycles. The Morgan fingerprint density at radius 3 is 2.26 bits per heavy atom. The number of benzene rings is 1. The quantitative estimate of drug-likeness (QED) is 0.768. The number of aryl methyl sites for hydroxylation is 1. The first-order valence-electron chi connectivity index (χ1n) is 6.10. The van der Waals surface area contributed by atoms with Gasteiger partial charge in [-0.15, -0.1) is 0 Å². The molecule has 1 rings (SSSR count). The Morgan fingerprint density at radius 2 is 1.84 bits per heavy atom. The highest BCUT2D eigenvalue weighted by molar-refractivity contribution is 5.97. The van der Waals surface area contributed by atoms with Gasteiger partial charge in [0, 0.05) is 11.3 Å². The van der Waals surface area contributed by atoms with Crippen molar-refractivity contribution in [1.82, 2.24) is 0 Å². The molecule has 0 heterocycles. The summed E-state index contributed by atoms with van der Waals surface area (Å²) < 4.78 is 0. The van der Waals surface area contributed by atoms with E-state index in [-0.39, 0.29) is 11.3 Å². The van der Waals surface area contributed by atoms with Crippen LogP contribution in [0, 0.1) is 12.3 Å². The second-order valence-electron chi connectivity index (χ2n) is 5.73. The lowest BCUT2D eigenvalue weighted by molar-refractivity contribution is -0.119. The van der Waals surface area contributed by atoms with E-state index in [2.05, 4.69) is 5.32 Å². The van der Waals surface area contributed by atoms with E-state index < -0.39 is 11.9 Å². The first-order chi connectivity index (χ1) is 8.62. The minimum Gasteiger partial charge on any atom is -0.366 e. The fourth-order valence-corrected chi connectivity index (χ4v) is 1.56. The predicted octanol–water partition coefficient (Wildman–Crippen LogP) is 1.41. The molecule has 5 N–H and O–H groups in total. The maximum Gasteiger partial charge on any atom is 0.248 e. The van der Waals surface area contributed by atoms with Gasteiger partial charge in [-0.1, -0.05) is 20.8 Å². The van der Waals surface area contributed by atoms with Crippen LogP contribution in [0.4, 0.5) is 5.69 Å². The molecule has 0 aliphatic rings. The molecular formula is C14H21N3O2. The maximum absolute atomic E-state index is 12.0. The van der Waals surface area contributed by atoms with Crippen LogP contribution in [-0.4, -0.2) is 17.9 Å². The average molecular weight is 263 g/mol. The van der Waals surface area contributed by atoms with Gasteiger partial charge in [0.1, 0.15) is 0 Å². The van der Waals surface area contributed by atoms with Crippen molar-refractivity contribution in [3.8, 4) is 0 Å². The van der Waals surface area contributed by atoms with Crippen molar-refractivity contribution in [3.05, 3.63) is 29.3 Å². The highest BCUT2D eigenvalue weighted by Crippen LogP contribution is 2.21. The van der Waals surface area contributed by atoms with Crippen LogP contribution in [0.25, 0.3) is 0 Å². The molecule has 0 saturated carbocycles. The number of anilines is 1. The third-order valence-corrected chi connectivity index (χ3v) is 2.98. The first kappa shape index (κ1) is 15.2. The second kappa shape index (κ2) is 5.40. The molecule has 5 nitrogen and oxygen atoms in total. The van der Waals surface area contributed by atoms with Gasteiger partial charge in [0.15, 0.2) is 0 Å². The number of nitrogens with one attached hydrogen (secondary N) is 1. The van der Waals surface area contributed by atoms with Crippen LogP contribution in [0.2, 0.25) is 0 Å². The Morgan fingerprint density at radius 1 is 1.26 bits per heavy atom. The Bertz CT molecular complexity index is 504. The molecule has 1 aromatic carbocycles. The normalized spacial score (nSPS) is 12.9. The Kier molecular flexibility index (Phi) is 4.32. The molecule has 0 aromatic heterocycles. The summed E-state index contributed by atoms with van der Waals surface area (Å²) in [7, 11) is 0. The minimum atomic E-state index is -0.609. The van der Waals surface area contributed by atoms with E-state index in [0.717, 1.165) is 5.56 Å². The summed E-state index contributed by atoms with van der Waals surface area (Å²) in [6.45, 7) is 7.51. The van der Waals surface area contributed by atoms with Crippen LogP contribution in [0.1, 0.15) is 36.7 Å². The van der Waals surface area contributed by atoms with Gasteiger partial charge >= 0.3 is 0 Å². The first-order valence-corrected chi connectivity index (χ1v) is 6.10. The van der Waals surface area contributed by atoms with Gasteiger partial charge in [-0.2, -0.15) is 0 Å². The number of carbonyl (C=O) groups is 2. The summed E-state index contributed by atoms with van der Waals surface area (Å²) in [5.74, 6) is -0.741. The number of nitrogens with two attached hydrogens (primary N) is 2. The lowest BCUT2D eigenvalue weighted by Gasteiger charge is -2.26. The molecule has 1 atom stereocenters. The van der Waals surface area contributed by atoms with Gasteiger partial charge in [-0.3, -0.25) is 9.59 Å². The van der Waals surface area contributed by atoms with Crippen molar-refractivity contribution >= 4 is 17.5 Å². The van der Waals surface area contributed by atoms with Crippen LogP contribution < -0.4 is 16.8 Å². The summed E-state index contributed by atoms with van der Waals surface area (Å²) in [6.07, 6.45) is 0. The number of rotatable bonds is 3. The standard InChI is InChI=1S/C14H21N3O2/c1-8-7-9(12(16)18)5-6-10(8)17-13(19)11(15)14(2,3)4/h5-7,11H,15H2,1-4H3,(H2,16,18)(H,17,19)/t11-/m0/s1. The Balaban J connectivity index is 2.89. The molecule has 0 unspecified atom stereocenters. The number of carbonyl (C=O) groups excluding carboxylic acids is 2. The summed E-state index contributed by atoms with van der Waals surface area (Å²) in [5.41, 5.74) is 12.6. The fraction of sp³-hybridized carbons (Fsp3) is 0.429. The molecule has 0 bridgehead atoms. The van der Waals surface area contributed by atoms with Crippen LogP contribution in [0.5, 0.6) is 0 Å². The number of amides is 2. The summed E-state index contributed by atoms with van der Waals surface area (Å²) in [4.78, 5) is 23.0. The van der Waals surface area contributed by atoms with E-state index >= 15 is 0 Å². The number of hydrogen-bond donors (Lipinski definition) is 3. The van der Waals surface area contributed by atoms with E-state index in [1.54, 1.807) is 25.1 Å². The van der Waals surface area contributed by atoms with Gasteiger partial charge in [0.2, 0.25) is 11.8 Å². The largest absolute Gasteiger partial charge is 0.366 e. The van der Waals surface area contributed by atoms with Crippen LogP contribution >= 0.6 is 0 Å². The maximum atomic E-state index is 12.0. The highest BCUT2D eigenvalue weighted by atomic mass is 16.2. The van der Waals surface area contributed by atoms with E-state index in [1.807, 2.05) is 20.8 Å². The third kappa shape index (κ3) is 3.79. The third-order valence-electron chi connectivity index (χ3n) is 2.98. The van der Waals surface area contributed by atoms with Crippen molar-refractivity contribution in [2.45, 2.75) is 33.7 Å². The average Bonchev–Trinajstić information content (AvgIpc) is 2.29. The predicted molar refractivity (Wildman–Crippen MR) is 75.8 cm³/mol. The smallest absolute Gasteiger partial charge is 0.248 e. The molecule has 0 aliphatic heterocycles. The molecule has 19 heavy (non-hydrogen) atoms. The Hall–Kier alpha value is -1.88.